The number of aromatic nitrogens is 4. The average molecular weight is 267 g/mol. The molecule has 5 nitrogen and oxygen atoms in total. The summed E-state index contributed by atoms with van der Waals surface area (Å²) in [4.78, 5) is 1.68. The standard InChI is InChI=1S/C15H17N5/c1-16-9-8-15(20-18-11-17-19-20)14-7-6-12-4-2-3-5-13(12)10-14/h2-7,10-11,15-16H,8-9H2,1H3/t15-/m1/s1. The van der Waals surface area contributed by atoms with E-state index in [-0.39, 0.29) is 6.04 Å². The average Bonchev–Trinajstić information content (AvgIpc) is 3.02. The molecule has 5 heteroatoms. The predicted octanol–water partition coefficient (Wildman–Crippen LogP) is 2.03. The number of nitrogens with one attached hydrogen (secondary N) is 1. The number of nitrogens with zero attached hydrogens (tertiary/aromatic N) is 4. The van der Waals surface area contributed by atoms with E-state index in [4.69, 9.17) is 0 Å². The van der Waals surface area contributed by atoms with Crippen LogP contribution >= 0.6 is 0 Å². The third-order valence-electron chi connectivity index (χ3n) is 3.47. The van der Waals surface area contributed by atoms with E-state index in [1.165, 1.54) is 22.7 Å². The van der Waals surface area contributed by atoms with Gasteiger partial charge in [0.25, 0.3) is 0 Å². The van der Waals surface area contributed by atoms with E-state index in [0.717, 1.165) is 13.0 Å². The van der Waals surface area contributed by atoms with Crippen molar-refractivity contribution in [1.82, 2.24) is 25.5 Å². The molecule has 3 rings (SSSR count). The van der Waals surface area contributed by atoms with Crippen molar-refractivity contribution in [1.29, 1.82) is 0 Å². The van der Waals surface area contributed by atoms with Crippen molar-refractivity contribution in [3.8, 4) is 0 Å². The van der Waals surface area contributed by atoms with Crippen molar-refractivity contribution in [2.45, 2.75) is 12.5 Å². The van der Waals surface area contributed by atoms with Crippen molar-refractivity contribution in [3.63, 3.8) is 0 Å². The Bertz CT molecular complexity index is 678. The van der Waals surface area contributed by atoms with Gasteiger partial charge < -0.3 is 5.32 Å². The van der Waals surface area contributed by atoms with Crippen molar-refractivity contribution in [3.05, 3.63) is 54.4 Å². The van der Waals surface area contributed by atoms with Gasteiger partial charge >= 0.3 is 0 Å². The Morgan fingerprint density at radius 3 is 2.75 bits per heavy atom. The lowest BCUT2D eigenvalue weighted by molar-refractivity contribution is 0.422. The first-order valence-corrected chi connectivity index (χ1v) is 6.74. The monoisotopic (exact) mass is 267 g/mol. The molecule has 2 aromatic carbocycles. The predicted molar refractivity (Wildman–Crippen MR) is 78.4 cm³/mol. The molecule has 0 fully saturated rings. The molecule has 1 heterocycles. The molecule has 0 spiro atoms. The van der Waals surface area contributed by atoms with Gasteiger partial charge in [0.2, 0.25) is 0 Å². The number of benzene rings is 2. The van der Waals surface area contributed by atoms with Crippen LogP contribution in [0, 0.1) is 0 Å². The minimum Gasteiger partial charge on any atom is -0.320 e. The first-order valence-electron chi connectivity index (χ1n) is 6.74. The SMILES string of the molecule is CNCC[C@H](c1ccc2ccccc2c1)n1ncnn1. The van der Waals surface area contributed by atoms with Gasteiger partial charge in [0.05, 0.1) is 6.04 Å². The van der Waals surface area contributed by atoms with Crippen LogP contribution in [0.5, 0.6) is 0 Å². The van der Waals surface area contributed by atoms with E-state index in [1.807, 2.05) is 7.05 Å². The summed E-state index contributed by atoms with van der Waals surface area (Å²) in [5.74, 6) is 0. The van der Waals surface area contributed by atoms with Gasteiger partial charge in [-0.25, -0.2) is 0 Å². The summed E-state index contributed by atoms with van der Waals surface area (Å²) < 4.78 is 0. The van der Waals surface area contributed by atoms with E-state index in [0.29, 0.717) is 0 Å². The van der Waals surface area contributed by atoms with Gasteiger partial charge in [0.1, 0.15) is 0 Å². The van der Waals surface area contributed by atoms with E-state index in [1.54, 1.807) is 4.80 Å². The quantitative estimate of drug-likeness (QED) is 0.768. The molecule has 0 bridgehead atoms. The van der Waals surface area contributed by atoms with Crippen molar-refractivity contribution in [2.75, 3.05) is 13.6 Å². The zero-order valence-corrected chi connectivity index (χ0v) is 11.4. The van der Waals surface area contributed by atoms with Gasteiger partial charge in [0, 0.05) is 0 Å². The lowest BCUT2D eigenvalue weighted by Crippen LogP contribution is -2.19. The first kappa shape index (κ1) is 12.7. The van der Waals surface area contributed by atoms with Gasteiger partial charge in [0.15, 0.2) is 6.33 Å². The number of hydrogen-bond acceptors (Lipinski definition) is 4. The smallest absolute Gasteiger partial charge is 0.162 e. The minimum absolute atomic E-state index is 0.106. The Morgan fingerprint density at radius 1 is 1.15 bits per heavy atom. The molecular formula is C15H17N5. The molecule has 0 aliphatic carbocycles. The summed E-state index contributed by atoms with van der Waals surface area (Å²) in [6.45, 7) is 0.902. The second kappa shape index (κ2) is 5.79. The fourth-order valence-electron chi connectivity index (χ4n) is 2.43. The van der Waals surface area contributed by atoms with Crippen LogP contribution in [0.15, 0.2) is 48.8 Å². The van der Waals surface area contributed by atoms with Crippen LogP contribution in [0.4, 0.5) is 0 Å². The maximum Gasteiger partial charge on any atom is 0.162 e. The van der Waals surface area contributed by atoms with Crippen LogP contribution in [0.3, 0.4) is 0 Å². The van der Waals surface area contributed by atoms with Gasteiger partial charge in [-0.1, -0.05) is 36.4 Å². The Labute approximate surface area is 117 Å². The molecule has 20 heavy (non-hydrogen) atoms. The van der Waals surface area contributed by atoms with E-state index in [9.17, 15) is 0 Å². The summed E-state index contributed by atoms with van der Waals surface area (Å²) in [6.07, 6.45) is 2.40. The van der Waals surface area contributed by atoms with Gasteiger partial charge in [-0.05, 0) is 47.6 Å². The lowest BCUT2D eigenvalue weighted by Gasteiger charge is -2.16. The molecule has 0 aliphatic rings. The van der Waals surface area contributed by atoms with E-state index in [2.05, 4.69) is 63.2 Å². The number of hydrogen-bond donors (Lipinski definition) is 1. The third-order valence-corrected chi connectivity index (χ3v) is 3.47. The molecule has 0 saturated heterocycles. The van der Waals surface area contributed by atoms with Gasteiger partial charge in [-0.3, -0.25) is 0 Å². The third kappa shape index (κ3) is 2.53. The molecule has 1 N–H and O–H groups in total. The molecular weight excluding hydrogens is 250 g/mol. The fourth-order valence-corrected chi connectivity index (χ4v) is 2.43. The molecule has 1 aromatic heterocycles. The van der Waals surface area contributed by atoms with Gasteiger partial charge in [-0.15, -0.1) is 10.2 Å². The number of tetrazole rings is 1. The number of rotatable bonds is 5. The molecule has 102 valence electrons. The highest BCUT2D eigenvalue weighted by atomic mass is 15.6. The van der Waals surface area contributed by atoms with Crippen molar-refractivity contribution in [2.24, 2.45) is 0 Å². The molecule has 3 aromatic rings. The molecule has 0 unspecified atom stereocenters. The molecule has 0 radical (unpaired) electrons. The summed E-state index contributed by atoms with van der Waals surface area (Å²) in [5, 5.41) is 17.7. The van der Waals surface area contributed by atoms with Crippen molar-refractivity contribution < 1.29 is 0 Å². The van der Waals surface area contributed by atoms with Crippen LogP contribution < -0.4 is 5.32 Å². The zero-order valence-electron chi connectivity index (χ0n) is 11.4. The van der Waals surface area contributed by atoms with Gasteiger partial charge in [-0.2, -0.15) is 4.80 Å². The maximum atomic E-state index is 4.19. The molecule has 1 atom stereocenters. The summed E-state index contributed by atoms with van der Waals surface area (Å²) in [6, 6.07) is 15.0. The van der Waals surface area contributed by atoms with Crippen LogP contribution in [0.2, 0.25) is 0 Å². The molecule has 0 saturated carbocycles. The zero-order chi connectivity index (χ0) is 13.8. The first-order chi connectivity index (χ1) is 9.88. The lowest BCUT2D eigenvalue weighted by atomic mass is 10.00. The highest BCUT2D eigenvalue weighted by Gasteiger charge is 2.15. The van der Waals surface area contributed by atoms with Crippen LogP contribution in [0.1, 0.15) is 18.0 Å². The fraction of sp³-hybridized carbons (Fsp3) is 0.267. The largest absolute Gasteiger partial charge is 0.320 e. The second-order valence-electron chi connectivity index (χ2n) is 4.77. The summed E-state index contributed by atoms with van der Waals surface area (Å²) >= 11 is 0. The molecule has 0 amide bonds. The Balaban J connectivity index is 1.99. The Kier molecular flexibility index (Phi) is 3.69. The number of fused-ring (bicyclic) bond motifs is 1. The maximum absolute atomic E-state index is 4.19. The summed E-state index contributed by atoms with van der Waals surface area (Å²) in [5.41, 5.74) is 1.21. The second-order valence-corrected chi connectivity index (χ2v) is 4.77. The Hall–Kier alpha value is -2.27. The normalized spacial score (nSPS) is 12.7. The topological polar surface area (TPSA) is 55.6 Å². The minimum atomic E-state index is 0.106. The van der Waals surface area contributed by atoms with Crippen LogP contribution in [-0.2, 0) is 0 Å². The van der Waals surface area contributed by atoms with Crippen molar-refractivity contribution >= 4 is 10.8 Å². The highest BCUT2D eigenvalue weighted by molar-refractivity contribution is 5.83. The summed E-state index contributed by atoms with van der Waals surface area (Å²) in [7, 11) is 1.95. The highest BCUT2D eigenvalue weighted by Crippen LogP contribution is 2.24. The van der Waals surface area contributed by atoms with E-state index >= 15 is 0 Å². The molecule has 0 aliphatic heterocycles. The van der Waals surface area contributed by atoms with Crippen LogP contribution in [0.25, 0.3) is 10.8 Å². The van der Waals surface area contributed by atoms with Crippen LogP contribution in [-0.4, -0.2) is 33.8 Å². The Morgan fingerprint density at radius 2 is 2.00 bits per heavy atom. The van der Waals surface area contributed by atoms with E-state index < -0.39 is 0 Å².